The van der Waals surface area contributed by atoms with Crippen molar-refractivity contribution in [1.29, 1.82) is 0 Å². The minimum atomic E-state index is 0.604. The highest BCUT2D eigenvalue weighted by molar-refractivity contribution is 5.08. The number of hydrogen-bond acceptors (Lipinski definition) is 2. The van der Waals surface area contributed by atoms with Crippen LogP contribution in [0.25, 0.3) is 0 Å². The first-order valence-electron chi connectivity index (χ1n) is 11.9. The quantitative estimate of drug-likeness (QED) is 0.244. The molecule has 26 heavy (non-hydrogen) atoms. The van der Waals surface area contributed by atoms with E-state index in [-0.39, 0.29) is 0 Å². The second-order valence-corrected chi connectivity index (χ2v) is 8.31. The van der Waals surface area contributed by atoms with E-state index in [0.717, 1.165) is 6.42 Å². The lowest BCUT2D eigenvalue weighted by Gasteiger charge is -2.30. The molecule has 1 atom stereocenters. The Kier molecular flexibility index (Phi) is 13.9. The van der Waals surface area contributed by atoms with Gasteiger partial charge >= 0.3 is 0 Å². The molecule has 154 valence electrons. The lowest BCUT2D eigenvalue weighted by molar-refractivity contribution is 0.160. The van der Waals surface area contributed by atoms with Crippen LogP contribution < -0.4 is 0 Å². The largest absolute Gasteiger partial charge is 0.356 e. The second kappa shape index (κ2) is 15.4. The number of unbranched alkanes of at least 4 members (excludes halogenated alkanes) is 13. The van der Waals surface area contributed by atoms with Crippen molar-refractivity contribution in [2.45, 2.75) is 130 Å². The van der Waals surface area contributed by atoms with Gasteiger partial charge in [0, 0.05) is 25.5 Å². The van der Waals surface area contributed by atoms with Crippen LogP contribution in [0.15, 0.2) is 11.9 Å². The van der Waals surface area contributed by atoms with Crippen molar-refractivity contribution in [2.24, 2.45) is 0 Å². The maximum absolute atomic E-state index is 2.58. The summed E-state index contributed by atoms with van der Waals surface area (Å²) in [5, 5.41) is 0. The zero-order chi connectivity index (χ0) is 19.0. The van der Waals surface area contributed by atoms with Gasteiger partial charge in [0.15, 0.2) is 0 Å². The third-order valence-electron chi connectivity index (χ3n) is 6.10. The highest BCUT2D eigenvalue weighted by Gasteiger charge is 2.26. The highest BCUT2D eigenvalue weighted by atomic mass is 15.4. The predicted octanol–water partition coefficient (Wildman–Crippen LogP) is 7.70. The van der Waals surface area contributed by atoms with E-state index in [2.05, 4.69) is 43.8 Å². The molecular weight excluding hydrogens is 316 g/mol. The average molecular weight is 365 g/mol. The summed E-state index contributed by atoms with van der Waals surface area (Å²) in [6.07, 6.45) is 25.6. The molecule has 0 radical (unpaired) electrons. The Hall–Kier alpha value is -0.660. The van der Waals surface area contributed by atoms with E-state index in [1.165, 1.54) is 109 Å². The monoisotopic (exact) mass is 364 g/mol. The van der Waals surface area contributed by atoms with Crippen LogP contribution in [0.1, 0.15) is 124 Å². The van der Waals surface area contributed by atoms with E-state index in [0.29, 0.717) is 6.17 Å². The zero-order valence-electron chi connectivity index (χ0n) is 18.6. The summed E-state index contributed by atoms with van der Waals surface area (Å²) in [7, 11) is 2.26. The van der Waals surface area contributed by atoms with Gasteiger partial charge in [-0.25, -0.2) is 0 Å². The molecule has 1 aliphatic rings. The van der Waals surface area contributed by atoms with Crippen LogP contribution in [-0.2, 0) is 0 Å². The van der Waals surface area contributed by atoms with E-state index >= 15 is 0 Å². The van der Waals surface area contributed by atoms with Crippen molar-refractivity contribution in [2.75, 3.05) is 13.6 Å². The Morgan fingerprint density at radius 3 is 1.58 bits per heavy atom. The number of allylic oxidation sites excluding steroid dienone is 1. The summed E-state index contributed by atoms with van der Waals surface area (Å²) in [6, 6.07) is 0. The summed E-state index contributed by atoms with van der Waals surface area (Å²) >= 11 is 0. The summed E-state index contributed by atoms with van der Waals surface area (Å²) in [4.78, 5) is 5.06. The van der Waals surface area contributed by atoms with Crippen molar-refractivity contribution in [3.63, 3.8) is 0 Å². The third-order valence-corrected chi connectivity index (χ3v) is 6.10. The smallest absolute Gasteiger partial charge is 0.100 e. The Balaban J connectivity index is 1.90. The normalized spacial score (nSPS) is 17.2. The first kappa shape index (κ1) is 23.4. The van der Waals surface area contributed by atoms with Crippen LogP contribution >= 0.6 is 0 Å². The Morgan fingerprint density at radius 1 is 0.692 bits per heavy atom. The Labute approximate surface area is 165 Å². The molecule has 0 aromatic rings. The van der Waals surface area contributed by atoms with Crippen molar-refractivity contribution >= 4 is 0 Å². The van der Waals surface area contributed by atoms with Crippen molar-refractivity contribution in [3.05, 3.63) is 11.9 Å². The van der Waals surface area contributed by atoms with Crippen molar-refractivity contribution < 1.29 is 0 Å². The van der Waals surface area contributed by atoms with Gasteiger partial charge in [-0.2, -0.15) is 0 Å². The molecule has 1 heterocycles. The molecule has 0 N–H and O–H groups in total. The lowest BCUT2D eigenvalue weighted by Crippen LogP contribution is -2.37. The molecule has 0 bridgehead atoms. The number of hydrogen-bond donors (Lipinski definition) is 0. The fourth-order valence-electron chi connectivity index (χ4n) is 4.33. The molecule has 0 aromatic carbocycles. The molecule has 1 rings (SSSR count). The minimum Gasteiger partial charge on any atom is -0.356 e. The van der Waals surface area contributed by atoms with Crippen molar-refractivity contribution in [3.8, 4) is 0 Å². The zero-order valence-corrected chi connectivity index (χ0v) is 18.6. The van der Waals surface area contributed by atoms with Gasteiger partial charge < -0.3 is 9.80 Å². The summed E-state index contributed by atoms with van der Waals surface area (Å²) in [5.74, 6) is 0. The minimum absolute atomic E-state index is 0.604. The third kappa shape index (κ3) is 9.33. The first-order valence-corrected chi connectivity index (χ1v) is 11.9. The van der Waals surface area contributed by atoms with E-state index in [4.69, 9.17) is 0 Å². The summed E-state index contributed by atoms with van der Waals surface area (Å²) in [5.41, 5.74) is 1.50. The van der Waals surface area contributed by atoms with Crippen LogP contribution in [0.3, 0.4) is 0 Å². The lowest BCUT2D eigenvalue weighted by atomic mass is 10.0. The van der Waals surface area contributed by atoms with Gasteiger partial charge in [-0.05, 0) is 19.3 Å². The van der Waals surface area contributed by atoms with Gasteiger partial charge in [0.25, 0.3) is 0 Å². The molecule has 0 aliphatic carbocycles. The van der Waals surface area contributed by atoms with Crippen LogP contribution in [0.4, 0.5) is 0 Å². The maximum Gasteiger partial charge on any atom is 0.100 e. The van der Waals surface area contributed by atoms with E-state index < -0.39 is 0 Å². The van der Waals surface area contributed by atoms with Gasteiger partial charge in [-0.1, -0.05) is 104 Å². The Morgan fingerprint density at radius 2 is 1.15 bits per heavy atom. The molecule has 0 aromatic heterocycles. The molecule has 2 nitrogen and oxygen atoms in total. The molecule has 2 heteroatoms. The van der Waals surface area contributed by atoms with Crippen LogP contribution in [0.5, 0.6) is 0 Å². The molecule has 0 fully saturated rings. The molecular formula is C24H48N2. The van der Waals surface area contributed by atoms with Crippen LogP contribution in [0, 0.1) is 0 Å². The first-order chi connectivity index (χ1) is 12.7. The van der Waals surface area contributed by atoms with Gasteiger partial charge in [-0.15, -0.1) is 0 Å². The second-order valence-electron chi connectivity index (χ2n) is 8.31. The molecule has 1 unspecified atom stereocenters. The molecule has 0 spiro atoms. The summed E-state index contributed by atoms with van der Waals surface area (Å²) < 4.78 is 0. The van der Waals surface area contributed by atoms with Gasteiger partial charge in [-0.3, -0.25) is 0 Å². The fraction of sp³-hybridized carbons (Fsp3) is 0.917. The van der Waals surface area contributed by atoms with Crippen LogP contribution in [0.2, 0.25) is 0 Å². The standard InChI is InChI=1S/C24H48N2/c1-5-8-9-10-11-12-13-14-15-16-17-18-19-20-21-26-22-23(6-2)25(4)24(26)7-3/h22,24H,5-21H2,1-4H3. The van der Waals surface area contributed by atoms with Gasteiger partial charge in [0.2, 0.25) is 0 Å². The van der Waals surface area contributed by atoms with Crippen molar-refractivity contribution in [1.82, 2.24) is 9.80 Å². The number of nitrogens with zero attached hydrogens (tertiary/aromatic N) is 2. The van der Waals surface area contributed by atoms with Crippen LogP contribution in [-0.4, -0.2) is 29.6 Å². The fourth-order valence-corrected chi connectivity index (χ4v) is 4.33. The van der Waals surface area contributed by atoms with Gasteiger partial charge in [0.1, 0.15) is 6.17 Å². The molecule has 0 amide bonds. The molecule has 0 saturated heterocycles. The van der Waals surface area contributed by atoms with E-state index in [1.807, 2.05) is 0 Å². The highest BCUT2D eigenvalue weighted by Crippen LogP contribution is 2.25. The molecule has 0 saturated carbocycles. The average Bonchev–Trinajstić information content (AvgIpc) is 2.96. The predicted molar refractivity (Wildman–Crippen MR) is 117 cm³/mol. The SMILES string of the molecule is CCCCCCCCCCCCCCCCN1C=C(CC)N(C)C1CC. The molecule has 1 aliphatic heterocycles. The summed E-state index contributed by atoms with van der Waals surface area (Å²) in [6.45, 7) is 8.12. The Bertz CT molecular complexity index is 350. The number of rotatable bonds is 17. The van der Waals surface area contributed by atoms with E-state index in [1.54, 1.807) is 0 Å². The van der Waals surface area contributed by atoms with E-state index in [9.17, 15) is 0 Å². The van der Waals surface area contributed by atoms with Gasteiger partial charge in [0.05, 0.1) is 0 Å². The maximum atomic E-state index is 2.58. The topological polar surface area (TPSA) is 6.48 Å².